The molecule has 0 bridgehead atoms. The van der Waals surface area contributed by atoms with Gasteiger partial charge < -0.3 is 5.11 Å². The van der Waals surface area contributed by atoms with Gasteiger partial charge in [-0.1, -0.05) is 60.6 Å². The van der Waals surface area contributed by atoms with Gasteiger partial charge in [-0.3, -0.25) is 0 Å². The van der Waals surface area contributed by atoms with Gasteiger partial charge in [0.2, 0.25) is 0 Å². The Morgan fingerprint density at radius 3 is 2.19 bits per heavy atom. The van der Waals surface area contributed by atoms with Crippen molar-refractivity contribution >= 4 is 0 Å². The zero-order valence-corrected chi connectivity index (χ0v) is 22.4. The number of fused-ring (bicyclic) bond motifs is 2. The molecule has 2 unspecified atom stereocenters. The summed E-state index contributed by atoms with van der Waals surface area (Å²) in [4.78, 5) is 0. The molecule has 5 saturated carbocycles. The molecule has 0 aliphatic heterocycles. The first-order valence-corrected chi connectivity index (χ1v) is 14.2. The number of allylic oxidation sites excluding steroid dienone is 1. The van der Waals surface area contributed by atoms with Crippen LogP contribution in [-0.4, -0.2) is 11.2 Å². The van der Waals surface area contributed by atoms with Crippen molar-refractivity contribution in [1.82, 2.24) is 0 Å². The first-order valence-electron chi connectivity index (χ1n) is 14.2. The van der Waals surface area contributed by atoms with Crippen molar-refractivity contribution in [1.29, 1.82) is 0 Å². The number of hydrogen-bond donors (Lipinski definition) is 1. The van der Waals surface area contributed by atoms with E-state index >= 15 is 0 Å². The molecule has 9 atom stereocenters. The van der Waals surface area contributed by atoms with Crippen LogP contribution in [0.15, 0.2) is 12.2 Å². The molecule has 0 aromatic rings. The van der Waals surface area contributed by atoms with E-state index in [1.165, 1.54) is 69.8 Å². The van der Waals surface area contributed by atoms with Gasteiger partial charge in [-0.2, -0.15) is 0 Å². The Bertz CT molecular complexity index is 779. The molecular weight excluding hydrogens is 388 g/mol. The van der Waals surface area contributed by atoms with Gasteiger partial charge in [-0.25, -0.2) is 0 Å². The summed E-state index contributed by atoms with van der Waals surface area (Å²) in [6, 6.07) is 0. The summed E-state index contributed by atoms with van der Waals surface area (Å²) < 4.78 is 0. The quantitative estimate of drug-likeness (QED) is 0.425. The topological polar surface area (TPSA) is 20.2 Å². The largest absolute Gasteiger partial charge is 0.393 e. The van der Waals surface area contributed by atoms with Crippen LogP contribution in [0, 0.1) is 56.7 Å². The Hall–Kier alpha value is -0.300. The molecule has 0 radical (unpaired) electrons. The Morgan fingerprint density at radius 1 is 0.844 bits per heavy atom. The van der Waals surface area contributed by atoms with E-state index in [1.54, 1.807) is 0 Å². The maximum atomic E-state index is 10.9. The molecule has 32 heavy (non-hydrogen) atoms. The van der Waals surface area contributed by atoms with E-state index in [0.29, 0.717) is 27.6 Å². The van der Waals surface area contributed by atoms with Gasteiger partial charge in [0.05, 0.1) is 6.10 Å². The van der Waals surface area contributed by atoms with Gasteiger partial charge >= 0.3 is 0 Å². The molecule has 1 N–H and O–H groups in total. The van der Waals surface area contributed by atoms with Gasteiger partial charge in [-0.05, 0) is 127 Å². The number of aliphatic hydroxyl groups excluding tert-OH is 1. The van der Waals surface area contributed by atoms with Crippen LogP contribution in [0.1, 0.15) is 119 Å². The lowest BCUT2D eigenvalue weighted by molar-refractivity contribution is -0.161. The molecule has 5 aliphatic rings. The molecule has 0 amide bonds. The smallest absolute Gasteiger partial charge is 0.0594 e. The highest BCUT2D eigenvalue weighted by molar-refractivity contribution is 5.30. The van der Waals surface area contributed by atoms with E-state index in [1.807, 2.05) is 0 Å². The van der Waals surface area contributed by atoms with Gasteiger partial charge in [0.15, 0.2) is 0 Å². The first kappa shape index (κ1) is 23.4. The minimum Gasteiger partial charge on any atom is -0.393 e. The number of hydrogen-bond acceptors (Lipinski definition) is 1. The van der Waals surface area contributed by atoms with Crippen LogP contribution in [0.3, 0.4) is 0 Å². The van der Waals surface area contributed by atoms with Crippen LogP contribution < -0.4 is 0 Å². The molecule has 1 nitrogen and oxygen atoms in total. The highest BCUT2D eigenvalue weighted by Gasteiger charge is 2.82. The predicted molar refractivity (Wildman–Crippen MR) is 135 cm³/mol. The van der Waals surface area contributed by atoms with Crippen molar-refractivity contribution in [3.05, 3.63) is 12.2 Å². The van der Waals surface area contributed by atoms with Crippen molar-refractivity contribution in [3.63, 3.8) is 0 Å². The predicted octanol–water partition coefficient (Wildman–Crippen LogP) is 8.41. The Balaban J connectivity index is 1.39. The zero-order chi connectivity index (χ0) is 23.3. The van der Waals surface area contributed by atoms with E-state index in [2.05, 4.69) is 55.0 Å². The minimum atomic E-state index is -0.0888. The molecule has 5 rings (SSSR count). The molecule has 0 aromatic heterocycles. The third kappa shape index (κ3) is 2.73. The average Bonchev–Trinajstić information content (AvgIpc) is 3.31. The lowest BCUT2D eigenvalue weighted by Gasteiger charge is -2.63. The van der Waals surface area contributed by atoms with Crippen molar-refractivity contribution in [3.8, 4) is 0 Å². The highest BCUT2D eigenvalue weighted by Crippen LogP contribution is 2.89. The van der Waals surface area contributed by atoms with Gasteiger partial charge in [-0.15, -0.1) is 0 Å². The average molecular weight is 441 g/mol. The molecule has 0 saturated heterocycles. The lowest BCUT2D eigenvalue weighted by Crippen LogP contribution is -2.57. The van der Waals surface area contributed by atoms with Crippen molar-refractivity contribution in [2.75, 3.05) is 0 Å². The first-order chi connectivity index (χ1) is 14.9. The summed E-state index contributed by atoms with van der Waals surface area (Å²) in [6.45, 7) is 21.8. The van der Waals surface area contributed by atoms with E-state index in [0.717, 1.165) is 30.1 Å². The minimum absolute atomic E-state index is 0.0888. The molecule has 0 aromatic carbocycles. The maximum Gasteiger partial charge on any atom is 0.0594 e. The summed E-state index contributed by atoms with van der Waals surface area (Å²) in [5, 5.41) is 10.9. The van der Waals surface area contributed by atoms with Crippen LogP contribution in [0.4, 0.5) is 0 Å². The van der Waals surface area contributed by atoms with E-state index in [4.69, 9.17) is 0 Å². The summed E-state index contributed by atoms with van der Waals surface area (Å²) in [5.74, 6) is 4.02. The van der Waals surface area contributed by atoms with Gasteiger partial charge in [0, 0.05) is 0 Å². The van der Waals surface area contributed by atoms with Crippen molar-refractivity contribution in [2.45, 2.75) is 125 Å². The zero-order valence-electron chi connectivity index (χ0n) is 22.4. The summed E-state index contributed by atoms with van der Waals surface area (Å²) >= 11 is 0. The van der Waals surface area contributed by atoms with Crippen LogP contribution in [0.5, 0.6) is 0 Å². The molecule has 0 heterocycles. The second-order valence-corrected chi connectivity index (χ2v) is 14.9. The third-order valence-electron chi connectivity index (χ3n) is 13.6. The maximum absolute atomic E-state index is 10.9. The fourth-order valence-corrected chi connectivity index (χ4v) is 11.2. The van der Waals surface area contributed by atoms with Crippen LogP contribution in [-0.2, 0) is 0 Å². The van der Waals surface area contributed by atoms with E-state index < -0.39 is 0 Å². The molecule has 5 fully saturated rings. The molecule has 2 spiro atoms. The third-order valence-corrected chi connectivity index (χ3v) is 13.6. The standard InChI is InChI=1S/C31H52O/c1-20(2)21(3)9-10-22(4)23-13-15-29(8)25-12-11-24-27(5,6)26(32)14-16-30(24)19-31(25,30)18-17-28(23,29)7/h20,22-26,32H,3,9-19H2,1-2,4-8H3/t22-,23-,24+,25+,26+,28-,29+,30?,31?/m1/s1. The normalized spacial score (nSPS) is 51.9. The second kappa shape index (κ2) is 7.11. The summed E-state index contributed by atoms with van der Waals surface area (Å²) in [6.07, 6.45) is 15.0. The Kier molecular flexibility index (Phi) is 5.21. The Morgan fingerprint density at radius 2 is 1.50 bits per heavy atom. The molecular formula is C31H52O. The monoisotopic (exact) mass is 440 g/mol. The fraction of sp³-hybridized carbons (Fsp3) is 0.935. The van der Waals surface area contributed by atoms with Crippen molar-refractivity contribution in [2.24, 2.45) is 56.7 Å². The SMILES string of the molecule is C=C(CC[C@@H](C)[C@H]1CC[C@@]2(C)[C@@H]3CC[C@H]4C(C)(C)[C@@H](O)CCC45CC35CC[C@]12C)C(C)C. The van der Waals surface area contributed by atoms with Crippen molar-refractivity contribution < 1.29 is 5.11 Å². The summed E-state index contributed by atoms with van der Waals surface area (Å²) in [5.41, 5.74) is 3.79. The fourth-order valence-electron chi connectivity index (χ4n) is 11.2. The summed E-state index contributed by atoms with van der Waals surface area (Å²) in [7, 11) is 0. The molecule has 182 valence electrons. The van der Waals surface area contributed by atoms with Crippen LogP contribution in [0.2, 0.25) is 0 Å². The second-order valence-electron chi connectivity index (χ2n) is 14.9. The number of rotatable bonds is 5. The van der Waals surface area contributed by atoms with E-state index in [9.17, 15) is 5.11 Å². The van der Waals surface area contributed by atoms with E-state index in [-0.39, 0.29) is 11.5 Å². The number of aliphatic hydroxyl groups is 1. The van der Waals surface area contributed by atoms with Crippen LogP contribution >= 0.6 is 0 Å². The van der Waals surface area contributed by atoms with Crippen LogP contribution in [0.25, 0.3) is 0 Å². The van der Waals surface area contributed by atoms with Gasteiger partial charge in [0.25, 0.3) is 0 Å². The lowest BCUT2D eigenvalue weighted by atomic mass is 9.41. The highest BCUT2D eigenvalue weighted by atomic mass is 16.3. The molecule has 1 heteroatoms. The Labute approximate surface area is 199 Å². The van der Waals surface area contributed by atoms with Gasteiger partial charge in [0.1, 0.15) is 0 Å². The molecule has 5 aliphatic carbocycles.